The van der Waals surface area contributed by atoms with E-state index in [0.29, 0.717) is 5.84 Å². The number of nitrogens with two attached hydrogens (primary N) is 1. The third kappa shape index (κ3) is 3.28. The van der Waals surface area contributed by atoms with E-state index in [1.165, 1.54) is 5.56 Å². The van der Waals surface area contributed by atoms with E-state index in [1.54, 1.807) is 6.92 Å². The number of benzene rings is 2. The molecule has 0 bridgehead atoms. The second kappa shape index (κ2) is 5.79. The van der Waals surface area contributed by atoms with Crippen molar-refractivity contribution < 1.29 is 4.42 Å². The van der Waals surface area contributed by atoms with Crippen molar-refractivity contribution in [2.75, 3.05) is 0 Å². The number of fused-ring (bicyclic) bond motifs is 1. The number of amidine groups is 1. The highest BCUT2D eigenvalue weighted by Crippen LogP contribution is 2.22. The second-order valence-electron chi connectivity index (χ2n) is 5.00. The number of aliphatic imine (C=N–C) groups is 1. The van der Waals surface area contributed by atoms with Gasteiger partial charge in [0.2, 0.25) is 0 Å². The quantitative estimate of drug-likeness (QED) is 0.586. The van der Waals surface area contributed by atoms with E-state index in [9.17, 15) is 0 Å². The van der Waals surface area contributed by atoms with Crippen LogP contribution in [0.3, 0.4) is 0 Å². The first-order valence-electron chi connectivity index (χ1n) is 6.95. The lowest BCUT2D eigenvalue weighted by Crippen LogP contribution is -2.03. The van der Waals surface area contributed by atoms with Gasteiger partial charge < -0.3 is 10.2 Å². The van der Waals surface area contributed by atoms with Crippen LogP contribution in [0.1, 0.15) is 18.4 Å². The van der Waals surface area contributed by atoms with Crippen LogP contribution in [0.25, 0.3) is 11.1 Å². The van der Waals surface area contributed by atoms with Crippen LogP contribution in [-0.4, -0.2) is 10.8 Å². The van der Waals surface area contributed by atoms with Crippen LogP contribution in [0.15, 0.2) is 57.9 Å². The SMILES string of the molecule is CC(N)=Nc1ccc2oc(CCc3ccccc3)nc2c1. The molecule has 0 fully saturated rings. The van der Waals surface area contributed by atoms with E-state index in [4.69, 9.17) is 10.2 Å². The zero-order chi connectivity index (χ0) is 14.7. The Labute approximate surface area is 123 Å². The highest BCUT2D eigenvalue weighted by atomic mass is 16.3. The first-order chi connectivity index (χ1) is 10.2. The zero-order valence-corrected chi connectivity index (χ0v) is 11.9. The van der Waals surface area contributed by atoms with Gasteiger partial charge >= 0.3 is 0 Å². The molecule has 0 amide bonds. The molecule has 0 atom stereocenters. The summed E-state index contributed by atoms with van der Waals surface area (Å²) in [6.45, 7) is 1.76. The third-order valence-electron chi connectivity index (χ3n) is 3.19. The first-order valence-corrected chi connectivity index (χ1v) is 6.95. The van der Waals surface area contributed by atoms with E-state index < -0.39 is 0 Å². The standard InChI is InChI=1S/C17H17N3O/c1-12(18)19-14-8-9-16-15(11-14)20-17(21-16)10-7-13-5-3-2-4-6-13/h2-6,8-9,11H,7,10H2,1H3,(H2,18,19). The van der Waals surface area contributed by atoms with Gasteiger partial charge in [0, 0.05) is 6.42 Å². The summed E-state index contributed by atoms with van der Waals surface area (Å²) in [7, 11) is 0. The lowest BCUT2D eigenvalue weighted by atomic mass is 10.1. The predicted octanol–water partition coefficient (Wildman–Crippen LogP) is 3.62. The van der Waals surface area contributed by atoms with Gasteiger partial charge in [-0.05, 0) is 37.1 Å². The monoisotopic (exact) mass is 279 g/mol. The first kappa shape index (κ1) is 13.4. The van der Waals surface area contributed by atoms with Crippen molar-refractivity contribution in [2.45, 2.75) is 19.8 Å². The number of hydrogen-bond donors (Lipinski definition) is 1. The molecule has 4 nitrogen and oxygen atoms in total. The Balaban J connectivity index is 1.79. The fourth-order valence-corrected chi connectivity index (χ4v) is 2.24. The van der Waals surface area contributed by atoms with Crippen LogP contribution in [-0.2, 0) is 12.8 Å². The Kier molecular flexibility index (Phi) is 3.69. The van der Waals surface area contributed by atoms with Crippen molar-refractivity contribution in [3.05, 3.63) is 60.0 Å². The number of rotatable bonds is 4. The van der Waals surface area contributed by atoms with Gasteiger partial charge in [-0.2, -0.15) is 0 Å². The molecule has 0 saturated heterocycles. The number of aryl methyl sites for hydroxylation is 2. The largest absolute Gasteiger partial charge is 0.441 e. The van der Waals surface area contributed by atoms with Crippen molar-refractivity contribution in [2.24, 2.45) is 10.7 Å². The molecular weight excluding hydrogens is 262 g/mol. The van der Waals surface area contributed by atoms with Crippen molar-refractivity contribution in [3.63, 3.8) is 0 Å². The zero-order valence-electron chi connectivity index (χ0n) is 11.9. The van der Waals surface area contributed by atoms with E-state index in [1.807, 2.05) is 36.4 Å². The Hall–Kier alpha value is -2.62. The number of oxazole rings is 1. The topological polar surface area (TPSA) is 64.4 Å². The average molecular weight is 279 g/mol. The van der Waals surface area contributed by atoms with Crippen molar-refractivity contribution in [3.8, 4) is 0 Å². The summed E-state index contributed by atoms with van der Waals surface area (Å²) in [5, 5.41) is 0. The van der Waals surface area contributed by atoms with Crippen molar-refractivity contribution in [1.29, 1.82) is 0 Å². The van der Waals surface area contributed by atoms with E-state index in [0.717, 1.165) is 35.5 Å². The fraction of sp³-hybridized carbons (Fsp3) is 0.176. The van der Waals surface area contributed by atoms with E-state index in [2.05, 4.69) is 22.1 Å². The fourth-order valence-electron chi connectivity index (χ4n) is 2.24. The molecule has 2 N–H and O–H groups in total. The molecule has 2 aromatic carbocycles. The molecular formula is C17H17N3O. The molecule has 21 heavy (non-hydrogen) atoms. The maximum Gasteiger partial charge on any atom is 0.195 e. The highest BCUT2D eigenvalue weighted by Gasteiger charge is 2.06. The van der Waals surface area contributed by atoms with Gasteiger partial charge in [0.05, 0.1) is 11.5 Å². The average Bonchev–Trinajstić information content (AvgIpc) is 2.88. The van der Waals surface area contributed by atoms with E-state index >= 15 is 0 Å². The third-order valence-corrected chi connectivity index (χ3v) is 3.19. The van der Waals surface area contributed by atoms with Crippen LogP contribution < -0.4 is 5.73 Å². The van der Waals surface area contributed by atoms with Crippen LogP contribution >= 0.6 is 0 Å². The van der Waals surface area contributed by atoms with Gasteiger partial charge in [0.1, 0.15) is 5.52 Å². The van der Waals surface area contributed by atoms with Crippen LogP contribution in [0.5, 0.6) is 0 Å². The van der Waals surface area contributed by atoms with Crippen molar-refractivity contribution in [1.82, 2.24) is 4.98 Å². The molecule has 0 aliphatic rings. The summed E-state index contributed by atoms with van der Waals surface area (Å²) < 4.78 is 5.76. The van der Waals surface area contributed by atoms with Gasteiger partial charge in [-0.1, -0.05) is 30.3 Å². The molecule has 0 spiro atoms. The molecule has 3 aromatic rings. The molecule has 0 aliphatic carbocycles. The minimum atomic E-state index is 0.530. The lowest BCUT2D eigenvalue weighted by Gasteiger charge is -1.96. The van der Waals surface area contributed by atoms with Gasteiger partial charge in [-0.25, -0.2) is 9.98 Å². The molecule has 106 valence electrons. The Morgan fingerprint density at radius 1 is 1.14 bits per heavy atom. The Morgan fingerprint density at radius 2 is 1.95 bits per heavy atom. The Morgan fingerprint density at radius 3 is 2.71 bits per heavy atom. The van der Waals surface area contributed by atoms with E-state index in [-0.39, 0.29) is 0 Å². The molecule has 4 heteroatoms. The van der Waals surface area contributed by atoms with Gasteiger partial charge in [-0.15, -0.1) is 0 Å². The summed E-state index contributed by atoms with van der Waals surface area (Å²) >= 11 is 0. The minimum Gasteiger partial charge on any atom is -0.441 e. The summed E-state index contributed by atoms with van der Waals surface area (Å²) in [5.41, 5.74) is 9.27. The second-order valence-corrected chi connectivity index (χ2v) is 5.00. The minimum absolute atomic E-state index is 0.530. The van der Waals surface area contributed by atoms with Gasteiger partial charge in [0.25, 0.3) is 0 Å². The van der Waals surface area contributed by atoms with Gasteiger partial charge in [0.15, 0.2) is 11.5 Å². The molecule has 0 radical (unpaired) electrons. The lowest BCUT2D eigenvalue weighted by molar-refractivity contribution is 0.528. The number of aromatic nitrogens is 1. The summed E-state index contributed by atoms with van der Waals surface area (Å²) in [5.74, 6) is 1.28. The molecule has 0 unspecified atom stereocenters. The van der Waals surface area contributed by atoms with Crippen LogP contribution in [0.4, 0.5) is 5.69 Å². The smallest absolute Gasteiger partial charge is 0.195 e. The van der Waals surface area contributed by atoms with Crippen molar-refractivity contribution >= 4 is 22.6 Å². The van der Waals surface area contributed by atoms with Crippen LogP contribution in [0, 0.1) is 0 Å². The number of hydrogen-bond acceptors (Lipinski definition) is 3. The Bertz CT molecular complexity index is 771. The maximum absolute atomic E-state index is 5.76. The summed E-state index contributed by atoms with van der Waals surface area (Å²) in [6, 6.07) is 16.0. The predicted molar refractivity (Wildman–Crippen MR) is 84.8 cm³/mol. The molecule has 1 aromatic heterocycles. The summed E-state index contributed by atoms with van der Waals surface area (Å²) in [6.07, 6.45) is 1.70. The molecule has 0 aliphatic heterocycles. The number of nitrogens with zero attached hydrogens (tertiary/aromatic N) is 2. The molecule has 3 rings (SSSR count). The van der Waals surface area contributed by atoms with Crippen LogP contribution in [0.2, 0.25) is 0 Å². The van der Waals surface area contributed by atoms with Gasteiger partial charge in [-0.3, -0.25) is 0 Å². The highest BCUT2D eigenvalue weighted by molar-refractivity contribution is 5.83. The normalized spacial score (nSPS) is 12.0. The summed E-state index contributed by atoms with van der Waals surface area (Å²) in [4.78, 5) is 8.74. The molecule has 1 heterocycles. The maximum atomic E-state index is 5.76. The molecule has 0 saturated carbocycles.